The van der Waals surface area contributed by atoms with Gasteiger partial charge in [-0.2, -0.15) is 0 Å². The molecule has 0 aliphatic carbocycles. The molecule has 0 aromatic heterocycles. The van der Waals surface area contributed by atoms with Gasteiger partial charge in [-0.1, -0.05) is 6.07 Å². The van der Waals surface area contributed by atoms with Crippen LogP contribution in [0.1, 0.15) is 6.92 Å². The highest BCUT2D eigenvalue weighted by molar-refractivity contribution is 5.80. The van der Waals surface area contributed by atoms with Crippen molar-refractivity contribution in [3.8, 4) is 5.75 Å². The zero-order valence-electron chi connectivity index (χ0n) is 10.2. The van der Waals surface area contributed by atoms with Gasteiger partial charge in [0, 0.05) is 6.07 Å². The minimum Gasteiger partial charge on any atom is -0.481 e. The number of hydrogen-bond acceptors (Lipinski definition) is 3. The number of aliphatic hydroxyl groups excluding tert-OH is 1. The second kappa shape index (κ2) is 6.42. The van der Waals surface area contributed by atoms with E-state index < -0.39 is 36.9 Å². The molecular formula is C12H14F3NO3. The molecule has 7 heteroatoms. The Morgan fingerprint density at radius 1 is 1.53 bits per heavy atom. The molecule has 0 fully saturated rings. The van der Waals surface area contributed by atoms with Gasteiger partial charge in [-0.25, -0.2) is 13.2 Å². The monoisotopic (exact) mass is 277 g/mol. The van der Waals surface area contributed by atoms with Crippen molar-refractivity contribution >= 4 is 5.91 Å². The molecule has 0 bridgehead atoms. The van der Waals surface area contributed by atoms with Crippen LogP contribution in [-0.4, -0.2) is 36.2 Å². The molecule has 2 N–H and O–H groups in total. The van der Waals surface area contributed by atoms with Crippen LogP contribution in [0, 0.1) is 5.82 Å². The van der Waals surface area contributed by atoms with Crippen molar-refractivity contribution in [3.63, 3.8) is 0 Å². The number of carbonyl (C=O) groups is 1. The molecule has 0 radical (unpaired) electrons. The van der Waals surface area contributed by atoms with Crippen LogP contribution in [-0.2, 0) is 4.79 Å². The number of hydrogen-bond donors (Lipinski definition) is 2. The van der Waals surface area contributed by atoms with Crippen LogP contribution in [0.5, 0.6) is 5.75 Å². The van der Waals surface area contributed by atoms with Gasteiger partial charge in [-0.3, -0.25) is 4.79 Å². The lowest BCUT2D eigenvalue weighted by atomic mass is 10.3. The van der Waals surface area contributed by atoms with E-state index in [9.17, 15) is 18.0 Å². The molecule has 0 heterocycles. The average molecular weight is 277 g/mol. The lowest BCUT2D eigenvalue weighted by molar-refractivity contribution is -0.130. The molecule has 1 rings (SSSR count). The van der Waals surface area contributed by atoms with E-state index >= 15 is 0 Å². The Kier molecular flexibility index (Phi) is 5.17. The van der Waals surface area contributed by atoms with Crippen molar-refractivity contribution in [1.29, 1.82) is 0 Å². The van der Waals surface area contributed by atoms with Crippen LogP contribution in [0.25, 0.3) is 0 Å². The summed E-state index contributed by atoms with van der Waals surface area (Å²) in [5.74, 6) is -4.57. The standard InChI is InChI=1S/C12H14F3NO3/c1-8(11(18)16-6-12(14,15)7-17)19-10-4-2-3-9(13)5-10/h2-5,8,17H,6-7H2,1H3,(H,16,18). The molecule has 106 valence electrons. The van der Waals surface area contributed by atoms with Gasteiger partial charge >= 0.3 is 0 Å². The first-order valence-electron chi connectivity index (χ1n) is 5.53. The molecule has 0 spiro atoms. The highest BCUT2D eigenvalue weighted by Crippen LogP contribution is 2.14. The van der Waals surface area contributed by atoms with Crippen molar-refractivity contribution in [2.75, 3.05) is 13.2 Å². The molecule has 0 aliphatic rings. The van der Waals surface area contributed by atoms with Crippen LogP contribution < -0.4 is 10.1 Å². The van der Waals surface area contributed by atoms with E-state index in [0.717, 1.165) is 6.07 Å². The van der Waals surface area contributed by atoms with Gasteiger partial charge in [0.15, 0.2) is 6.10 Å². The van der Waals surface area contributed by atoms with Crippen LogP contribution >= 0.6 is 0 Å². The van der Waals surface area contributed by atoms with Gasteiger partial charge in [0.25, 0.3) is 11.8 Å². The predicted octanol–water partition coefficient (Wildman–Crippen LogP) is 1.34. The number of ether oxygens (including phenoxy) is 1. The summed E-state index contributed by atoms with van der Waals surface area (Å²) >= 11 is 0. The Morgan fingerprint density at radius 3 is 2.79 bits per heavy atom. The van der Waals surface area contributed by atoms with E-state index in [2.05, 4.69) is 0 Å². The van der Waals surface area contributed by atoms with Crippen LogP contribution in [0.2, 0.25) is 0 Å². The van der Waals surface area contributed by atoms with Crippen LogP contribution in [0.4, 0.5) is 13.2 Å². The van der Waals surface area contributed by atoms with Crippen molar-refractivity contribution < 1.29 is 27.8 Å². The van der Waals surface area contributed by atoms with Crippen molar-refractivity contribution in [2.45, 2.75) is 19.0 Å². The maximum Gasteiger partial charge on any atom is 0.287 e. The average Bonchev–Trinajstić information content (AvgIpc) is 2.36. The first-order chi connectivity index (χ1) is 8.84. The first-order valence-corrected chi connectivity index (χ1v) is 5.53. The minimum absolute atomic E-state index is 0.122. The fourth-order valence-electron chi connectivity index (χ4n) is 1.21. The topological polar surface area (TPSA) is 58.6 Å². The molecule has 0 aliphatic heterocycles. The molecule has 1 aromatic rings. The number of carbonyl (C=O) groups excluding carboxylic acids is 1. The summed E-state index contributed by atoms with van der Waals surface area (Å²) < 4.78 is 43.4. The number of amides is 1. The molecule has 4 nitrogen and oxygen atoms in total. The van der Waals surface area contributed by atoms with Crippen molar-refractivity contribution in [1.82, 2.24) is 5.32 Å². The largest absolute Gasteiger partial charge is 0.481 e. The molecule has 0 saturated heterocycles. The zero-order chi connectivity index (χ0) is 14.5. The third-order valence-electron chi connectivity index (χ3n) is 2.23. The number of halogens is 3. The van der Waals surface area contributed by atoms with Gasteiger partial charge in [0.05, 0.1) is 6.54 Å². The molecule has 1 aromatic carbocycles. The zero-order valence-corrected chi connectivity index (χ0v) is 10.2. The number of benzene rings is 1. The number of aliphatic hydroxyl groups is 1. The van der Waals surface area contributed by atoms with E-state index in [1.54, 1.807) is 0 Å². The Hall–Kier alpha value is -1.76. The molecule has 19 heavy (non-hydrogen) atoms. The van der Waals surface area contributed by atoms with Crippen LogP contribution in [0.15, 0.2) is 24.3 Å². The molecule has 1 atom stereocenters. The van der Waals surface area contributed by atoms with E-state index in [1.807, 2.05) is 5.32 Å². The highest BCUT2D eigenvalue weighted by Gasteiger charge is 2.29. The first kappa shape index (κ1) is 15.3. The summed E-state index contributed by atoms with van der Waals surface area (Å²) in [7, 11) is 0. The van der Waals surface area contributed by atoms with E-state index in [1.165, 1.54) is 25.1 Å². The Balaban J connectivity index is 2.49. The maximum absolute atomic E-state index is 12.9. The summed E-state index contributed by atoms with van der Waals surface area (Å²) in [6.45, 7) is -0.997. The van der Waals surface area contributed by atoms with Gasteiger partial charge < -0.3 is 15.2 Å². The normalized spacial score (nSPS) is 12.9. The highest BCUT2D eigenvalue weighted by atomic mass is 19.3. The van der Waals surface area contributed by atoms with E-state index in [-0.39, 0.29) is 5.75 Å². The minimum atomic E-state index is -3.38. The quantitative estimate of drug-likeness (QED) is 0.825. The number of rotatable bonds is 6. The van der Waals surface area contributed by atoms with E-state index in [4.69, 9.17) is 9.84 Å². The van der Waals surface area contributed by atoms with Crippen molar-refractivity contribution in [2.24, 2.45) is 0 Å². The van der Waals surface area contributed by atoms with Gasteiger partial charge in [-0.05, 0) is 19.1 Å². The smallest absolute Gasteiger partial charge is 0.287 e. The number of nitrogens with one attached hydrogen (secondary N) is 1. The van der Waals surface area contributed by atoms with Gasteiger partial charge in [-0.15, -0.1) is 0 Å². The summed E-state index contributed by atoms with van der Waals surface area (Å²) in [5, 5.41) is 10.3. The predicted molar refractivity (Wildman–Crippen MR) is 61.5 cm³/mol. The Bertz CT molecular complexity index is 440. The lowest BCUT2D eigenvalue weighted by Crippen LogP contribution is -2.44. The summed E-state index contributed by atoms with van der Waals surface area (Å²) in [6.07, 6.45) is -1.06. The fraction of sp³-hybridized carbons (Fsp3) is 0.417. The number of alkyl halides is 2. The molecule has 0 saturated carbocycles. The summed E-state index contributed by atoms with van der Waals surface area (Å²) in [4.78, 5) is 11.5. The Labute approximate surface area is 108 Å². The third kappa shape index (κ3) is 5.17. The summed E-state index contributed by atoms with van der Waals surface area (Å²) in [6, 6.07) is 5.12. The second-order valence-corrected chi connectivity index (χ2v) is 3.95. The summed E-state index contributed by atoms with van der Waals surface area (Å²) in [5.41, 5.74) is 0. The molecule has 1 unspecified atom stereocenters. The van der Waals surface area contributed by atoms with Crippen LogP contribution in [0.3, 0.4) is 0 Å². The van der Waals surface area contributed by atoms with Gasteiger partial charge in [0.1, 0.15) is 18.2 Å². The molecule has 1 amide bonds. The SMILES string of the molecule is CC(Oc1cccc(F)c1)C(=O)NCC(F)(F)CO. The van der Waals surface area contributed by atoms with E-state index in [0.29, 0.717) is 0 Å². The fourth-order valence-corrected chi connectivity index (χ4v) is 1.21. The lowest BCUT2D eigenvalue weighted by Gasteiger charge is -2.17. The van der Waals surface area contributed by atoms with Crippen molar-refractivity contribution in [3.05, 3.63) is 30.1 Å². The molecular weight excluding hydrogens is 263 g/mol. The second-order valence-electron chi connectivity index (χ2n) is 3.95. The maximum atomic E-state index is 12.9. The van der Waals surface area contributed by atoms with Gasteiger partial charge in [0.2, 0.25) is 0 Å². The third-order valence-corrected chi connectivity index (χ3v) is 2.23. The Morgan fingerprint density at radius 2 is 2.21 bits per heavy atom.